The maximum absolute atomic E-state index is 11.8. The van der Waals surface area contributed by atoms with Crippen molar-refractivity contribution in [3.05, 3.63) is 11.3 Å². The lowest BCUT2D eigenvalue weighted by atomic mass is 10.1. The molecular formula is C11H16N2O6S. The molecule has 1 aliphatic heterocycles. The molecule has 1 rings (SSSR count). The van der Waals surface area contributed by atoms with E-state index in [1.54, 1.807) is 0 Å². The Hall–Kier alpha value is -1.61. The van der Waals surface area contributed by atoms with Gasteiger partial charge in [0, 0.05) is 0 Å². The van der Waals surface area contributed by atoms with Crippen molar-refractivity contribution >= 4 is 22.0 Å². The fraction of sp³-hybridized carbons (Fsp3) is 0.636. The van der Waals surface area contributed by atoms with Crippen LogP contribution < -0.4 is 0 Å². The van der Waals surface area contributed by atoms with Gasteiger partial charge in [-0.1, -0.05) is 20.3 Å². The van der Waals surface area contributed by atoms with Gasteiger partial charge in [-0.15, -0.1) is 10.2 Å². The average Bonchev–Trinajstić information content (AvgIpc) is 2.71. The minimum absolute atomic E-state index is 0.0866. The first-order valence-electron chi connectivity index (χ1n) is 6.16. The zero-order valence-electron chi connectivity index (χ0n) is 11.2. The van der Waals surface area contributed by atoms with Crippen LogP contribution in [0.1, 0.15) is 33.1 Å². The largest absolute Gasteiger partial charge is 0.461 e. The van der Waals surface area contributed by atoms with Gasteiger partial charge in [0.1, 0.15) is 5.25 Å². The minimum Gasteiger partial charge on any atom is -0.461 e. The van der Waals surface area contributed by atoms with Gasteiger partial charge >= 0.3 is 5.97 Å². The SMILES string of the molecule is CCCCOC(=O)C1=C(C(CC)S(=O)(=O)O)C(=O)N=N1. The van der Waals surface area contributed by atoms with E-state index in [9.17, 15) is 18.0 Å². The number of hydrogen-bond acceptors (Lipinski definition) is 6. The summed E-state index contributed by atoms with van der Waals surface area (Å²) in [7, 11) is -4.53. The van der Waals surface area contributed by atoms with Crippen LogP contribution in [0, 0.1) is 0 Å². The van der Waals surface area contributed by atoms with Crippen molar-refractivity contribution < 1.29 is 27.3 Å². The molecule has 0 saturated carbocycles. The summed E-state index contributed by atoms with van der Waals surface area (Å²) in [6, 6.07) is 0. The van der Waals surface area contributed by atoms with Crippen LogP contribution in [0.4, 0.5) is 0 Å². The predicted molar refractivity (Wildman–Crippen MR) is 68.4 cm³/mol. The summed E-state index contributed by atoms with van der Waals surface area (Å²) in [5.74, 6) is -1.86. The Morgan fingerprint density at radius 2 is 2.00 bits per heavy atom. The third kappa shape index (κ3) is 3.70. The maximum atomic E-state index is 11.8. The Balaban J connectivity index is 3.08. The molecule has 20 heavy (non-hydrogen) atoms. The van der Waals surface area contributed by atoms with Crippen LogP contribution in [-0.2, 0) is 24.4 Å². The highest BCUT2D eigenvalue weighted by Crippen LogP contribution is 2.26. The molecule has 1 atom stereocenters. The van der Waals surface area contributed by atoms with Gasteiger partial charge in [-0.3, -0.25) is 9.35 Å². The molecule has 0 bridgehead atoms. The van der Waals surface area contributed by atoms with E-state index in [-0.39, 0.29) is 13.0 Å². The second-order valence-electron chi connectivity index (χ2n) is 4.17. The first-order valence-corrected chi connectivity index (χ1v) is 7.66. The number of hydrogen-bond donors (Lipinski definition) is 1. The summed E-state index contributed by atoms with van der Waals surface area (Å²) in [5, 5.41) is 5.00. The van der Waals surface area contributed by atoms with Crippen molar-refractivity contribution in [1.29, 1.82) is 0 Å². The zero-order valence-corrected chi connectivity index (χ0v) is 12.0. The molecule has 1 aliphatic rings. The van der Waals surface area contributed by atoms with E-state index in [2.05, 4.69) is 10.2 Å². The molecule has 0 radical (unpaired) electrons. The van der Waals surface area contributed by atoms with Crippen molar-refractivity contribution in [3.63, 3.8) is 0 Å². The predicted octanol–water partition coefficient (Wildman–Crippen LogP) is 1.24. The first kappa shape index (κ1) is 16.4. The number of azo groups is 1. The molecule has 0 aromatic carbocycles. The van der Waals surface area contributed by atoms with Crippen molar-refractivity contribution in [3.8, 4) is 0 Å². The van der Waals surface area contributed by atoms with E-state index in [1.165, 1.54) is 6.92 Å². The number of nitrogens with zero attached hydrogens (tertiary/aromatic N) is 2. The van der Waals surface area contributed by atoms with Crippen LogP contribution in [0.15, 0.2) is 21.5 Å². The molecule has 0 aromatic heterocycles. The Kier molecular flexibility index (Phi) is 5.52. The van der Waals surface area contributed by atoms with E-state index in [0.717, 1.165) is 6.42 Å². The number of rotatable bonds is 7. The minimum atomic E-state index is -4.53. The van der Waals surface area contributed by atoms with E-state index >= 15 is 0 Å². The van der Waals surface area contributed by atoms with E-state index in [4.69, 9.17) is 9.29 Å². The molecule has 8 nitrogen and oxygen atoms in total. The molecule has 0 fully saturated rings. The normalized spacial score (nSPS) is 16.6. The Bertz CT molecular complexity index is 563. The van der Waals surface area contributed by atoms with Gasteiger partial charge in [0.05, 0.1) is 12.2 Å². The molecule has 1 N–H and O–H groups in total. The van der Waals surface area contributed by atoms with Gasteiger partial charge in [0.2, 0.25) is 0 Å². The highest BCUT2D eigenvalue weighted by atomic mass is 32.2. The van der Waals surface area contributed by atoms with Gasteiger partial charge in [-0.25, -0.2) is 4.79 Å². The van der Waals surface area contributed by atoms with Crippen molar-refractivity contribution in [1.82, 2.24) is 0 Å². The van der Waals surface area contributed by atoms with E-state index < -0.39 is 38.5 Å². The number of amides is 1. The summed E-state index contributed by atoms with van der Waals surface area (Å²) < 4.78 is 36.5. The summed E-state index contributed by atoms with van der Waals surface area (Å²) in [6.07, 6.45) is 1.36. The Labute approximate surface area is 116 Å². The molecule has 0 spiro atoms. The molecule has 0 saturated heterocycles. The summed E-state index contributed by atoms with van der Waals surface area (Å²) in [5.41, 5.74) is -0.882. The van der Waals surface area contributed by atoms with Crippen LogP contribution in [0.5, 0.6) is 0 Å². The van der Waals surface area contributed by atoms with Gasteiger partial charge in [0.25, 0.3) is 16.0 Å². The smallest absolute Gasteiger partial charge is 0.359 e. The molecule has 112 valence electrons. The molecule has 1 unspecified atom stereocenters. The van der Waals surface area contributed by atoms with Gasteiger partial charge in [0.15, 0.2) is 5.70 Å². The van der Waals surface area contributed by atoms with Gasteiger partial charge < -0.3 is 4.74 Å². The van der Waals surface area contributed by atoms with Crippen LogP contribution in [-0.4, -0.2) is 36.7 Å². The average molecular weight is 304 g/mol. The number of esters is 1. The standard InChI is InChI=1S/C11H16N2O6S/c1-3-5-6-19-11(15)9-8(10(14)13-12-9)7(4-2)20(16,17)18/h7H,3-6H2,1-2H3,(H,16,17,18). The maximum Gasteiger partial charge on any atom is 0.359 e. The third-order valence-electron chi connectivity index (χ3n) is 2.70. The van der Waals surface area contributed by atoms with E-state index in [0.29, 0.717) is 6.42 Å². The molecule has 9 heteroatoms. The molecule has 0 aliphatic carbocycles. The number of carbonyl (C=O) groups excluding carboxylic acids is 2. The second-order valence-corrected chi connectivity index (χ2v) is 5.77. The van der Waals surface area contributed by atoms with Crippen molar-refractivity contribution in [2.75, 3.05) is 6.61 Å². The Morgan fingerprint density at radius 3 is 2.50 bits per heavy atom. The molecule has 1 amide bonds. The highest BCUT2D eigenvalue weighted by Gasteiger charge is 2.38. The highest BCUT2D eigenvalue weighted by molar-refractivity contribution is 7.86. The molecular weight excluding hydrogens is 288 g/mol. The second kappa shape index (κ2) is 6.71. The fourth-order valence-corrected chi connectivity index (χ4v) is 2.62. The summed E-state index contributed by atoms with van der Waals surface area (Å²) in [4.78, 5) is 23.3. The number of unbranched alkanes of at least 4 members (excludes halogenated alkanes) is 1. The zero-order chi connectivity index (χ0) is 15.3. The lowest BCUT2D eigenvalue weighted by Gasteiger charge is -2.12. The van der Waals surface area contributed by atoms with Gasteiger partial charge in [-0.2, -0.15) is 8.42 Å². The van der Waals surface area contributed by atoms with Crippen molar-refractivity contribution in [2.24, 2.45) is 10.2 Å². The summed E-state index contributed by atoms with van der Waals surface area (Å²) in [6.45, 7) is 3.50. The quantitative estimate of drug-likeness (QED) is 0.429. The monoisotopic (exact) mass is 304 g/mol. The molecule has 0 aromatic rings. The van der Waals surface area contributed by atoms with Crippen LogP contribution in [0.3, 0.4) is 0 Å². The lowest BCUT2D eigenvalue weighted by Crippen LogP contribution is -2.27. The van der Waals surface area contributed by atoms with Crippen LogP contribution in [0.25, 0.3) is 0 Å². The summed E-state index contributed by atoms with van der Waals surface area (Å²) >= 11 is 0. The third-order valence-corrected chi connectivity index (χ3v) is 3.99. The van der Waals surface area contributed by atoms with Gasteiger partial charge in [-0.05, 0) is 12.8 Å². The molecule has 1 heterocycles. The fourth-order valence-electron chi connectivity index (χ4n) is 1.69. The first-order chi connectivity index (χ1) is 9.32. The Morgan fingerprint density at radius 1 is 1.35 bits per heavy atom. The van der Waals surface area contributed by atoms with Crippen LogP contribution in [0.2, 0.25) is 0 Å². The van der Waals surface area contributed by atoms with Crippen molar-refractivity contribution in [2.45, 2.75) is 38.4 Å². The number of carbonyl (C=O) groups is 2. The van der Waals surface area contributed by atoms with Crippen LogP contribution >= 0.6 is 0 Å². The lowest BCUT2D eigenvalue weighted by molar-refractivity contribution is -0.139. The topological polar surface area (TPSA) is 122 Å². The number of ether oxygens (including phenoxy) is 1. The van der Waals surface area contributed by atoms with E-state index in [1.807, 2.05) is 6.92 Å².